The van der Waals surface area contributed by atoms with E-state index in [4.69, 9.17) is 15.7 Å². The molecule has 0 saturated heterocycles. The van der Waals surface area contributed by atoms with Crippen molar-refractivity contribution >= 4 is 21.8 Å². The summed E-state index contributed by atoms with van der Waals surface area (Å²) in [5.41, 5.74) is 6.14. The molecule has 0 spiro atoms. The Morgan fingerprint density at radius 3 is 3.00 bits per heavy atom. The average Bonchev–Trinajstić information content (AvgIpc) is 2.86. The minimum Gasteiger partial charge on any atom is -0.453 e. The fourth-order valence-electron chi connectivity index (χ4n) is 1.59. The van der Waals surface area contributed by atoms with Crippen molar-refractivity contribution in [3.8, 4) is 11.5 Å². The third kappa shape index (κ3) is 2.87. The zero-order chi connectivity index (χ0) is 13.8. The second kappa shape index (κ2) is 5.75. The van der Waals surface area contributed by atoms with Gasteiger partial charge in [0.2, 0.25) is 0 Å². The quantitative estimate of drug-likeness (QED) is 0.391. The molecule has 19 heavy (non-hydrogen) atoms. The van der Waals surface area contributed by atoms with Crippen LogP contribution in [0, 0.1) is 0 Å². The van der Waals surface area contributed by atoms with Gasteiger partial charge in [0, 0.05) is 11.0 Å². The predicted octanol–water partition coefficient (Wildman–Crippen LogP) is 2.55. The van der Waals surface area contributed by atoms with Crippen molar-refractivity contribution in [3.63, 3.8) is 0 Å². The number of nitrogens with two attached hydrogens (primary N) is 1. The third-order valence-corrected chi connectivity index (χ3v) is 3.16. The molecule has 7 heteroatoms. The minimum atomic E-state index is -0.0228. The number of rotatable bonds is 4. The molecule has 0 aliphatic heterocycles. The molecule has 0 aliphatic carbocycles. The van der Waals surface area contributed by atoms with Gasteiger partial charge in [-0.2, -0.15) is 5.10 Å². The molecule has 0 saturated carbocycles. The van der Waals surface area contributed by atoms with Crippen LogP contribution in [0.1, 0.15) is 12.5 Å². The van der Waals surface area contributed by atoms with Crippen LogP contribution in [0.3, 0.4) is 0 Å². The van der Waals surface area contributed by atoms with Gasteiger partial charge < -0.3 is 15.7 Å². The lowest BCUT2D eigenvalue weighted by atomic mass is 10.2. The Bertz CT molecular complexity index is 610. The Labute approximate surface area is 118 Å². The molecular formula is C12H13BrN4O2. The van der Waals surface area contributed by atoms with Crippen molar-refractivity contribution in [2.24, 2.45) is 10.9 Å². The molecule has 0 atom stereocenters. The van der Waals surface area contributed by atoms with Crippen LogP contribution in [0.15, 0.2) is 40.2 Å². The number of benzene rings is 1. The summed E-state index contributed by atoms with van der Waals surface area (Å²) in [5, 5.41) is 15.9. The van der Waals surface area contributed by atoms with E-state index in [9.17, 15) is 0 Å². The van der Waals surface area contributed by atoms with Gasteiger partial charge in [-0.15, -0.1) is 0 Å². The Kier molecular flexibility index (Phi) is 4.06. The van der Waals surface area contributed by atoms with Crippen LogP contribution < -0.4 is 10.5 Å². The third-order valence-electron chi connectivity index (χ3n) is 2.50. The molecule has 0 fully saturated rings. The van der Waals surface area contributed by atoms with Crippen LogP contribution in [0.2, 0.25) is 0 Å². The second-order valence-corrected chi connectivity index (χ2v) is 4.59. The zero-order valence-corrected chi connectivity index (χ0v) is 11.8. The summed E-state index contributed by atoms with van der Waals surface area (Å²) < 4.78 is 8.14. The first-order valence-corrected chi connectivity index (χ1v) is 6.41. The lowest BCUT2D eigenvalue weighted by Crippen LogP contribution is -2.15. The summed E-state index contributed by atoms with van der Waals surface area (Å²) in [4.78, 5) is 0. The molecule has 1 aromatic carbocycles. The number of nitrogens with zero attached hydrogens (tertiary/aromatic N) is 3. The second-order valence-electron chi connectivity index (χ2n) is 3.73. The van der Waals surface area contributed by atoms with E-state index in [1.54, 1.807) is 35.3 Å². The van der Waals surface area contributed by atoms with E-state index in [0.717, 1.165) is 6.54 Å². The Balaban J connectivity index is 2.37. The van der Waals surface area contributed by atoms with Gasteiger partial charge in [0.1, 0.15) is 5.75 Å². The summed E-state index contributed by atoms with van der Waals surface area (Å²) in [7, 11) is 0. The normalized spacial score (nSPS) is 11.6. The number of halogens is 1. The smallest absolute Gasteiger partial charge is 0.175 e. The molecule has 0 aliphatic rings. The Morgan fingerprint density at radius 2 is 2.37 bits per heavy atom. The summed E-state index contributed by atoms with van der Waals surface area (Å²) in [5.74, 6) is 1.05. The molecular weight excluding hydrogens is 312 g/mol. The van der Waals surface area contributed by atoms with Crippen molar-refractivity contribution in [3.05, 3.63) is 40.6 Å². The Morgan fingerprint density at radius 1 is 1.58 bits per heavy atom. The Hall–Kier alpha value is -2.02. The first-order valence-electron chi connectivity index (χ1n) is 5.62. The SMILES string of the molecule is CCn1cc(Oc2cccc(Br)c2/C(N)=N/O)cn1. The number of aryl methyl sites for hydroxylation is 1. The van der Waals surface area contributed by atoms with Crippen LogP contribution in [-0.4, -0.2) is 20.8 Å². The number of hydrogen-bond acceptors (Lipinski definition) is 4. The predicted molar refractivity (Wildman–Crippen MR) is 74.6 cm³/mol. The van der Waals surface area contributed by atoms with E-state index >= 15 is 0 Å². The maximum absolute atomic E-state index is 8.82. The minimum absolute atomic E-state index is 0.0228. The van der Waals surface area contributed by atoms with Crippen molar-refractivity contribution < 1.29 is 9.94 Å². The monoisotopic (exact) mass is 324 g/mol. The standard InChI is InChI=1S/C12H13BrN4O2/c1-2-17-7-8(6-15-17)19-10-5-3-4-9(13)11(10)12(14)16-18/h3-7,18H,2H2,1H3,(H2,14,16). The fraction of sp³-hybridized carbons (Fsp3) is 0.167. The highest BCUT2D eigenvalue weighted by atomic mass is 79.9. The van der Waals surface area contributed by atoms with Gasteiger partial charge in [-0.3, -0.25) is 4.68 Å². The first-order chi connectivity index (χ1) is 9.15. The highest BCUT2D eigenvalue weighted by Crippen LogP contribution is 2.30. The molecule has 1 aromatic heterocycles. The average molecular weight is 325 g/mol. The van der Waals surface area contributed by atoms with Gasteiger partial charge in [-0.05, 0) is 35.0 Å². The van der Waals surface area contributed by atoms with Crippen molar-refractivity contribution in [2.45, 2.75) is 13.5 Å². The molecule has 100 valence electrons. The van der Waals surface area contributed by atoms with Gasteiger partial charge in [0.25, 0.3) is 0 Å². The molecule has 3 N–H and O–H groups in total. The number of aromatic nitrogens is 2. The summed E-state index contributed by atoms with van der Waals surface area (Å²) >= 11 is 3.35. The van der Waals surface area contributed by atoms with Gasteiger partial charge in [0.05, 0.1) is 18.0 Å². The zero-order valence-electron chi connectivity index (χ0n) is 10.2. The van der Waals surface area contributed by atoms with Crippen LogP contribution in [0.25, 0.3) is 0 Å². The van der Waals surface area contributed by atoms with Crippen molar-refractivity contribution in [1.82, 2.24) is 9.78 Å². The van der Waals surface area contributed by atoms with Crippen molar-refractivity contribution in [1.29, 1.82) is 0 Å². The first kappa shape index (κ1) is 13.4. The van der Waals surface area contributed by atoms with Gasteiger partial charge in [-0.25, -0.2) is 0 Å². The molecule has 1 heterocycles. The topological polar surface area (TPSA) is 85.7 Å². The lowest BCUT2D eigenvalue weighted by Gasteiger charge is -2.10. The number of hydrogen-bond donors (Lipinski definition) is 2. The molecule has 0 bridgehead atoms. The van der Waals surface area contributed by atoms with Crippen LogP contribution in [-0.2, 0) is 6.54 Å². The number of oxime groups is 1. The fourth-order valence-corrected chi connectivity index (χ4v) is 2.14. The summed E-state index contributed by atoms with van der Waals surface area (Å²) in [6, 6.07) is 5.33. The van der Waals surface area contributed by atoms with E-state index in [1.807, 2.05) is 6.92 Å². The van der Waals surface area contributed by atoms with Crippen LogP contribution in [0.4, 0.5) is 0 Å². The van der Waals surface area contributed by atoms with Gasteiger partial charge in [0.15, 0.2) is 11.6 Å². The summed E-state index contributed by atoms with van der Waals surface area (Å²) in [6.45, 7) is 2.74. The molecule has 2 rings (SSSR count). The number of ether oxygens (including phenoxy) is 1. The van der Waals surface area contributed by atoms with E-state index < -0.39 is 0 Å². The van der Waals surface area contributed by atoms with E-state index in [0.29, 0.717) is 21.5 Å². The van der Waals surface area contributed by atoms with Gasteiger partial charge in [-0.1, -0.05) is 11.2 Å². The van der Waals surface area contributed by atoms with Gasteiger partial charge >= 0.3 is 0 Å². The molecule has 0 radical (unpaired) electrons. The van der Waals surface area contributed by atoms with E-state index in [-0.39, 0.29) is 5.84 Å². The lowest BCUT2D eigenvalue weighted by molar-refractivity contribution is 0.318. The van der Waals surface area contributed by atoms with E-state index in [1.165, 1.54) is 0 Å². The van der Waals surface area contributed by atoms with Crippen LogP contribution in [0.5, 0.6) is 11.5 Å². The number of amidine groups is 1. The van der Waals surface area contributed by atoms with E-state index in [2.05, 4.69) is 26.2 Å². The highest BCUT2D eigenvalue weighted by molar-refractivity contribution is 9.10. The summed E-state index contributed by atoms with van der Waals surface area (Å²) in [6.07, 6.45) is 3.39. The molecule has 2 aromatic rings. The largest absolute Gasteiger partial charge is 0.453 e. The highest BCUT2D eigenvalue weighted by Gasteiger charge is 2.13. The maximum Gasteiger partial charge on any atom is 0.175 e. The van der Waals surface area contributed by atoms with Crippen molar-refractivity contribution in [2.75, 3.05) is 0 Å². The van der Waals surface area contributed by atoms with Crippen LogP contribution >= 0.6 is 15.9 Å². The maximum atomic E-state index is 8.82. The molecule has 0 unspecified atom stereocenters. The molecule has 0 amide bonds. The molecule has 6 nitrogen and oxygen atoms in total.